The molecule has 0 spiro atoms. The van der Waals surface area contributed by atoms with Gasteiger partial charge >= 0.3 is 0 Å². The summed E-state index contributed by atoms with van der Waals surface area (Å²) in [5.41, 5.74) is 4.06. The summed E-state index contributed by atoms with van der Waals surface area (Å²) in [5, 5.41) is 11.1. The Balaban J connectivity index is 1.86. The molecule has 3 rings (SSSR count). The Morgan fingerprint density at radius 3 is 2.78 bits per heavy atom. The van der Waals surface area contributed by atoms with Crippen LogP contribution < -0.4 is 10.1 Å². The number of aryl methyl sites for hydroxylation is 1. The number of carbonyl (C=O) groups excluding carboxylic acids is 1. The number of carbonyl (C=O) groups is 1. The molecule has 27 heavy (non-hydrogen) atoms. The molecular formula is C21H22ClN3O2. The maximum absolute atomic E-state index is 12.7. The maximum Gasteiger partial charge on any atom is 0.228 e. The van der Waals surface area contributed by atoms with Crippen LogP contribution in [0.4, 0.5) is 5.69 Å². The molecule has 0 saturated carbocycles. The van der Waals surface area contributed by atoms with E-state index in [1.54, 1.807) is 7.11 Å². The molecule has 140 valence electrons. The van der Waals surface area contributed by atoms with Crippen LogP contribution in [0.25, 0.3) is 11.3 Å². The van der Waals surface area contributed by atoms with E-state index < -0.39 is 0 Å². The lowest BCUT2D eigenvalue weighted by Gasteiger charge is -2.09. The molecule has 6 heteroatoms. The number of aromatic amines is 1. The molecule has 0 bridgehead atoms. The SMILES string of the molecule is CCCc1[nH]nc(-c2cccc(Cl)c2)c1NC(=O)Cc1cccc(OC)c1. The Kier molecular flexibility index (Phi) is 6.14. The summed E-state index contributed by atoms with van der Waals surface area (Å²) in [6.07, 6.45) is 1.99. The monoisotopic (exact) mass is 383 g/mol. The standard InChI is InChI=1S/C21H22ClN3O2/c1-3-6-18-21(20(25-24-18)15-8-5-9-16(22)13-15)23-19(26)12-14-7-4-10-17(11-14)27-2/h4-5,7-11,13H,3,6,12H2,1-2H3,(H,23,26)(H,24,25). The highest BCUT2D eigenvalue weighted by atomic mass is 35.5. The van der Waals surface area contributed by atoms with Gasteiger partial charge in [-0.1, -0.05) is 49.2 Å². The smallest absolute Gasteiger partial charge is 0.228 e. The third-order valence-electron chi connectivity index (χ3n) is 4.20. The summed E-state index contributed by atoms with van der Waals surface area (Å²) in [6.45, 7) is 2.09. The van der Waals surface area contributed by atoms with Crippen molar-refractivity contribution in [2.75, 3.05) is 12.4 Å². The van der Waals surface area contributed by atoms with Gasteiger partial charge in [-0.25, -0.2) is 0 Å². The van der Waals surface area contributed by atoms with Crippen molar-refractivity contribution in [1.82, 2.24) is 10.2 Å². The maximum atomic E-state index is 12.7. The lowest BCUT2D eigenvalue weighted by molar-refractivity contribution is -0.115. The van der Waals surface area contributed by atoms with E-state index in [-0.39, 0.29) is 12.3 Å². The second kappa shape index (κ2) is 8.73. The fraction of sp³-hybridized carbons (Fsp3) is 0.238. The van der Waals surface area contributed by atoms with Crippen LogP contribution in [0.1, 0.15) is 24.6 Å². The average molecular weight is 384 g/mol. The van der Waals surface area contributed by atoms with E-state index in [9.17, 15) is 4.79 Å². The van der Waals surface area contributed by atoms with Crippen LogP contribution in [-0.2, 0) is 17.6 Å². The third-order valence-corrected chi connectivity index (χ3v) is 4.44. The minimum absolute atomic E-state index is 0.106. The Hall–Kier alpha value is -2.79. The largest absolute Gasteiger partial charge is 0.497 e. The van der Waals surface area contributed by atoms with Gasteiger partial charge in [0.1, 0.15) is 11.4 Å². The predicted molar refractivity (Wildman–Crippen MR) is 108 cm³/mol. The Labute approximate surface area is 163 Å². The van der Waals surface area contributed by atoms with Crippen LogP contribution in [0.2, 0.25) is 5.02 Å². The van der Waals surface area contributed by atoms with E-state index in [1.807, 2.05) is 48.5 Å². The molecule has 0 atom stereocenters. The summed E-state index contributed by atoms with van der Waals surface area (Å²) < 4.78 is 5.22. The number of hydrogen-bond acceptors (Lipinski definition) is 3. The molecule has 0 fully saturated rings. The molecule has 2 aromatic carbocycles. The molecule has 1 amide bonds. The van der Waals surface area contributed by atoms with E-state index in [4.69, 9.17) is 16.3 Å². The molecule has 1 heterocycles. The minimum Gasteiger partial charge on any atom is -0.497 e. The number of hydrogen-bond donors (Lipinski definition) is 2. The molecule has 5 nitrogen and oxygen atoms in total. The first-order valence-corrected chi connectivity index (χ1v) is 9.24. The number of aromatic nitrogens is 2. The van der Waals surface area contributed by atoms with Crippen LogP contribution >= 0.6 is 11.6 Å². The Morgan fingerprint density at radius 1 is 1.22 bits per heavy atom. The molecule has 0 radical (unpaired) electrons. The van der Waals surface area contributed by atoms with E-state index in [0.29, 0.717) is 16.4 Å². The molecular weight excluding hydrogens is 362 g/mol. The number of ether oxygens (including phenoxy) is 1. The zero-order chi connectivity index (χ0) is 19.2. The van der Waals surface area contributed by atoms with Gasteiger partial charge in [-0.15, -0.1) is 0 Å². The highest BCUT2D eigenvalue weighted by Gasteiger charge is 2.17. The lowest BCUT2D eigenvalue weighted by Crippen LogP contribution is -2.15. The van der Waals surface area contributed by atoms with E-state index in [2.05, 4.69) is 22.4 Å². The summed E-state index contributed by atoms with van der Waals surface area (Å²) >= 11 is 6.12. The second-order valence-electron chi connectivity index (χ2n) is 6.26. The van der Waals surface area contributed by atoms with Crippen molar-refractivity contribution >= 4 is 23.2 Å². The minimum atomic E-state index is -0.106. The zero-order valence-corrected chi connectivity index (χ0v) is 16.1. The van der Waals surface area contributed by atoms with Gasteiger partial charge in [0.25, 0.3) is 0 Å². The first-order chi connectivity index (χ1) is 13.1. The van der Waals surface area contributed by atoms with Crippen molar-refractivity contribution < 1.29 is 9.53 Å². The summed E-state index contributed by atoms with van der Waals surface area (Å²) in [7, 11) is 1.61. The fourth-order valence-electron chi connectivity index (χ4n) is 2.94. The number of nitrogens with one attached hydrogen (secondary N) is 2. The quantitative estimate of drug-likeness (QED) is 0.611. The Bertz CT molecular complexity index is 937. The number of rotatable bonds is 7. The van der Waals surface area contributed by atoms with Gasteiger partial charge in [0.05, 0.1) is 24.9 Å². The van der Waals surface area contributed by atoms with Crippen molar-refractivity contribution in [3.63, 3.8) is 0 Å². The van der Waals surface area contributed by atoms with E-state index in [1.165, 1.54) is 0 Å². The number of H-pyrrole nitrogens is 1. The van der Waals surface area contributed by atoms with Crippen molar-refractivity contribution in [3.05, 3.63) is 64.8 Å². The molecule has 3 aromatic rings. The molecule has 0 aliphatic carbocycles. The van der Waals surface area contributed by atoms with Crippen molar-refractivity contribution in [2.45, 2.75) is 26.2 Å². The van der Waals surface area contributed by atoms with Gasteiger partial charge in [0, 0.05) is 10.6 Å². The van der Waals surface area contributed by atoms with E-state index in [0.717, 1.165) is 35.4 Å². The predicted octanol–water partition coefficient (Wildman–Crippen LogP) is 4.87. The van der Waals surface area contributed by atoms with Crippen molar-refractivity contribution in [3.8, 4) is 17.0 Å². The number of halogens is 1. The lowest BCUT2D eigenvalue weighted by atomic mass is 10.1. The van der Waals surface area contributed by atoms with Gasteiger partial charge in [-0.3, -0.25) is 9.89 Å². The van der Waals surface area contributed by atoms with Crippen LogP contribution in [0, 0.1) is 0 Å². The Morgan fingerprint density at radius 2 is 2.04 bits per heavy atom. The molecule has 0 saturated heterocycles. The first kappa shape index (κ1) is 19.0. The molecule has 2 N–H and O–H groups in total. The number of amides is 1. The number of methoxy groups -OCH3 is 1. The summed E-state index contributed by atoms with van der Waals surface area (Å²) in [6, 6.07) is 14.9. The number of nitrogens with zero attached hydrogens (tertiary/aromatic N) is 1. The molecule has 0 unspecified atom stereocenters. The van der Waals surface area contributed by atoms with Crippen molar-refractivity contribution in [1.29, 1.82) is 0 Å². The zero-order valence-electron chi connectivity index (χ0n) is 15.4. The highest BCUT2D eigenvalue weighted by molar-refractivity contribution is 6.30. The normalized spacial score (nSPS) is 10.6. The van der Waals surface area contributed by atoms with Gasteiger partial charge in [-0.05, 0) is 36.2 Å². The first-order valence-electron chi connectivity index (χ1n) is 8.86. The fourth-order valence-corrected chi connectivity index (χ4v) is 3.13. The third kappa shape index (κ3) is 4.68. The summed E-state index contributed by atoms with van der Waals surface area (Å²) in [5.74, 6) is 0.625. The van der Waals surface area contributed by atoms with Crippen LogP contribution in [-0.4, -0.2) is 23.2 Å². The molecule has 0 aliphatic heterocycles. The van der Waals surface area contributed by atoms with Gasteiger partial charge in [-0.2, -0.15) is 5.10 Å². The number of anilines is 1. The van der Waals surface area contributed by atoms with Gasteiger partial charge in [0.15, 0.2) is 0 Å². The molecule has 0 aliphatic rings. The van der Waals surface area contributed by atoms with Crippen LogP contribution in [0.15, 0.2) is 48.5 Å². The highest BCUT2D eigenvalue weighted by Crippen LogP contribution is 2.31. The van der Waals surface area contributed by atoms with Gasteiger partial charge in [0.2, 0.25) is 5.91 Å². The second-order valence-corrected chi connectivity index (χ2v) is 6.70. The van der Waals surface area contributed by atoms with E-state index >= 15 is 0 Å². The average Bonchev–Trinajstić information content (AvgIpc) is 3.04. The topological polar surface area (TPSA) is 67.0 Å². The summed E-state index contributed by atoms with van der Waals surface area (Å²) in [4.78, 5) is 12.7. The van der Waals surface area contributed by atoms with Crippen LogP contribution in [0.3, 0.4) is 0 Å². The number of benzene rings is 2. The van der Waals surface area contributed by atoms with Gasteiger partial charge < -0.3 is 10.1 Å². The van der Waals surface area contributed by atoms with Crippen LogP contribution in [0.5, 0.6) is 5.75 Å². The van der Waals surface area contributed by atoms with Crippen molar-refractivity contribution in [2.24, 2.45) is 0 Å². The molecule has 1 aromatic heterocycles.